The fourth-order valence-electron chi connectivity index (χ4n) is 7.63. The van der Waals surface area contributed by atoms with Crippen molar-refractivity contribution in [3.8, 4) is 28.6 Å². The number of para-hydroxylation sites is 6. The van der Waals surface area contributed by atoms with E-state index in [4.69, 9.17) is 4.42 Å². The number of furan rings is 1. The highest BCUT2D eigenvalue weighted by molar-refractivity contribution is 6.25. The van der Waals surface area contributed by atoms with Crippen LogP contribution < -0.4 is 0 Å². The monoisotopic (exact) mass is 599 g/mol. The van der Waals surface area contributed by atoms with E-state index in [0.29, 0.717) is 5.56 Å². The topological polar surface area (TPSA) is 46.8 Å². The minimum Gasteiger partial charge on any atom is -0.455 e. The van der Waals surface area contributed by atoms with E-state index < -0.39 is 0 Å². The van der Waals surface area contributed by atoms with Crippen LogP contribution in [0.5, 0.6) is 0 Å². The molecular formula is C43H25N3O. The maximum Gasteiger partial charge on any atom is 0.145 e. The van der Waals surface area contributed by atoms with E-state index in [1.165, 1.54) is 0 Å². The lowest BCUT2D eigenvalue weighted by Gasteiger charge is -2.16. The Morgan fingerprint density at radius 1 is 0.426 bits per heavy atom. The Bertz CT molecular complexity index is 2860. The van der Waals surface area contributed by atoms with E-state index in [2.05, 4.69) is 149 Å². The molecule has 0 aliphatic carbocycles. The SMILES string of the molecule is N#Cc1cccc(-c2cccc3c2oc2c3ccc3c2c2ccccc2n3-c2ccccc2)c1-n1c2ccccc2c2ccccc21. The number of rotatable bonds is 3. The third kappa shape index (κ3) is 3.51. The number of nitrogens with zero attached hydrogens (tertiary/aromatic N) is 3. The highest BCUT2D eigenvalue weighted by Crippen LogP contribution is 2.45. The van der Waals surface area contributed by atoms with E-state index in [1.54, 1.807) is 0 Å². The Morgan fingerprint density at radius 2 is 1.00 bits per heavy atom. The molecule has 0 aliphatic rings. The summed E-state index contributed by atoms with van der Waals surface area (Å²) in [5, 5.41) is 17.2. The van der Waals surface area contributed by atoms with Gasteiger partial charge >= 0.3 is 0 Å². The molecule has 0 spiro atoms. The van der Waals surface area contributed by atoms with E-state index in [9.17, 15) is 5.26 Å². The van der Waals surface area contributed by atoms with Gasteiger partial charge in [-0.15, -0.1) is 0 Å². The fourth-order valence-corrected chi connectivity index (χ4v) is 7.63. The van der Waals surface area contributed by atoms with Crippen molar-refractivity contribution < 1.29 is 4.42 Å². The lowest BCUT2D eigenvalue weighted by Crippen LogP contribution is -2.00. The third-order valence-electron chi connectivity index (χ3n) is 9.56. The van der Waals surface area contributed by atoms with Crippen LogP contribution in [0, 0.1) is 11.3 Å². The van der Waals surface area contributed by atoms with Crippen LogP contribution in [0.4, 0.5) is 0 Å². The van der Waals surface area contributed by atoms with Crippen molar-refractivity contribution in [2.24, 2.45) is 0 Å². The van der Waals surface area contributed by atoms with Gasteiger partial charge in [0.15, 0.2) is 0 Å². The van der Waals surface area contributed by atoms with Gasteiger partial charge in [0.25, 0.3) is 0 Å². The smallest absolute Gasteiger partial charge is 0.145 e. The molecule has 0 unspecified atom stereocenters. The van der Waals surface area contributed by atoms with Gasteiger partial charge in [0.05, 0.1) is 38.7 Å². The zero-order valence-corrected chi connectivity index (χ0v) is 25.2. The summed E-state index contributed by atoms with van der Waals surface area (Å²) >= 11 is 0. The van der Waals surface area contributed by atoms with Crippen molar-refractivity contribution in [3.63, 3.8) is 0 Å². The second-order valence-corrected chi connectivity index (χ2v) is 12.0. The Morgan fingerprint density at radius 3 is 1.72 bits per heavy atom. The highest BCUT2D eigenvalue weighted by Gasteiger charge is 2.23. The number of hydrogen-bond donors (Lipinski definition) is 0. The lowest BCUT2D eigenvalue weighted by atomic mass is 9.97. The molecule has 10 rings (SSSR count). The second kappa shape index (κ2) is 9.71. The average molecular weight is 600 g/mol. The molecule has 0 bridgehead atoms. The molecule has 218 valence electrons. The number of hydrogen-bond acceptors (Lipinski definition) is 2. The normalized spacial score (nSPS) is 11.8. The van der Waals surface area contributed by atoms with Gasteiger partial charge < -0.3 is 13.6 Å². The van der Waals surface area contributed by atoms with Crippen molar-refractivity contribution in [1.82, 2.24) is 9.13 Å². The van der Waals surface area contributed by atoms with Gasteiger partial charge in [-0.3, -0.25) is 0 Å². The van der Waals surface area contributed by atoms with Gasteiger partial charge in [-0.2, -0.15) is 5.26 Å². The molecule has 0 fully saturated rings. The summed E-state index contributed by atoms with van der Waals surface area (Å²) in [5.41, 5.74) is 10.5. The van der Waals surface area contributed by atoms with Gasteiger partial charge in [0, 0.05) is 43.7 Å². The molecule has 47 heavy (non-hydrogen) atoms. The predicted octanol–water partition coefficient (Wildman–Crippen LogP) is 11.3. The van der Waals surface area contributed by atoms with Gasteiger partial charge in [-0.1, -0.05) is 103 Å². The van der Waals surface area contributed by atoms with Crippen LogP contribution in [0.3, 0.4) is 0 Å². The maximum absolute atomic E-state index is 10.5. The fraction of sp³-hybridized carbons (Fsp3) is 0. The Balaban J connectivity index is 1.32. The molecule has 0 saturated heterocycles. The summed E-state index contributed by atoms with van der Waals surface area (Å²) in [7, 11) is 0. The number of fused-ring (bicyclic) bond motifs is 10. The molecule has 0 atom stereocenters. The van der Waals surface area contributed by atoms with Crippen LogP contribution in [0.25, 0.3) is 88.1 Å². The van der Waals surface area contributed by atoms with E-state index in [1.807, 2.05) is 18.2 Å². The molecule has 7 aromatic carbocycles. The zero-order chi connectivity index (χ0) is 31.1. The minimum atomic E-state index is 0.607. The van der Waals surface area contributed by atoms with Crippen LogP contribution in [0.15, 0.2) is 156 Å². The van der Waals surface area contributed by atoms with E-state index in [-0.39, 0.29) is 0 Å². The van der Waals surface area contributed by atoms with Crippen molar-refractivity contribution in [1.29, 1.82) is 5.26 Å². The highest BCUT2D eigenvalue weighted by atomic mass is 16.3. The van der Waals surface area contributed by atoms with Gasteiger partial charge in [0.2, 0.25) is 0 Å². The molecule has 3 aromatic heterocycles. The minimum absolute atomic E-state index is 0.607. The van der Waals surface area contributed by atoms with Crippen molar-refractivity contribution in [3.05, 3.63) is 157 Å². The van der Waals surface area contributed by atoms with Crippen LogP contribution >= 0.6 is 0 Å². The van der Waals surface area contributed by atoms with Crippen LogP contribution in [0.1, 0.15) is 5.56 Å². The molecule has 0 radical (unpaired) electrons. The first kappa shape index (κ1) is 25.7. The Kier molecular flexibility index (Phi) is 5.32. The van der Waals surface area contributed by atoms with Crippen molar-refractivity contribution >= 4 is 65.6 Å². The molecule has 0 saturated carbocycles. The molecule has 4 nitrogen and oxygen atoms in total. The summed E-state index contributed by atoms with van der Waals surface area (Å²) in [6.45, 7) is 0. The van der Waals surface area contributed by atoms with Gasteiger partial charge in [-0.25, -0.2) is 0 Å². The van der Waals surface area contributed by atoms with E-state index in [0.717, 1.165) is 88.1 Å². The molecule has 0 aliphatic heterocycles. The summed E-state index contributed by atoms with van der Waals surface area (Å²) in [6, 6.07) is 55.1. The quantitative estimate of drug-likeness (QED) is 0.203. The van der Waals surface area contributed by atoms with Gasteiger partial charge in [-0.05, 0) is 48.5 Å². The van der Waals surface area contributed by atoms with E-state index >= 15 is 0 Å². The molecular weight excluding hydrogens is 574 g/mol. The summed E-state index contributed by atoms with van der Waals surface area (Å²) < 4.78 is 11.6. The summed E-state index contributed by atoms with van der Waals surface area (Å²) in [6.07, 6.45) is 0. The zero-order valence-electron chi connectivity index (χ0n) is 25.2. The number of aromatic nitrogens is 2. The molecule has 10 aromatic rings. The third-order valence-corrected chi connectivity index (χ3v) is 9.56. The molecule has 4 heteroatoms. The van der Waals surface area contributed by atoms with Crippen molar-refractivity contribution in [2.45, 2.75) is 0 Å². The second-order valence-electron chi connectivity index (χ2n) is 12.0. The van der Waals surface area contributed by atoms with Crippen LogP contribution in [-0.4, -0.2) is 9.13 Å². The lowest BCUT2D eigenvalue weighted by molar-refractivity contribution is 0.674. The Hall–Kier alpha value is -6.57. The van der Waals surface area contributed by atoms with Gasteiger partial charge in [0.1, 0.15) is 17.2 Å². The standard InChI is InChI=1S/C43H25N3O/c44-26-27-12-10-18-31(41(27)46-36-21-7-4-15-29(36)30-16-5-8-22-37(30)46)32-19-11-20-33-34-24-25-39-40(43(34)47-42(32)33)35-17-6-9-23-38(35)45(39)28-13-2-1-3-14-28/h1-25H. The van der Waals surface area contributed by atoms with Crippen molar-refractivity contribution in [2.75, 3.05) is 0 Å². The largest absolute Gasteiger partial charge is 0.455 e. The number of nitriles is 1. The first-order chi connectivity index (χ1) is 23.3. The van der Waals surface area contributed by atoms with Crippen LogP contribution in [0.2, 0.25) is 0 Å². The van der Waals surface area contributed by atoms with Crippen LogP contribution in [-0.2, 0) is 0 Å². The molecule has 3 heterocycles. The summed E-state index contributed by atoms with van der Waals surface area (Å²) in [4.78, 5) is 0. The predicted molar refractivity (Wildman–Crippen MR) is 193 cm³/mol. The first-order valence-corrected chi connectivity index (χ1v) is 15.8. The molecule has 0 amide bonds. The maximum atomic E-state index is 10.5. The average Bonchev–Trinajstić information content (AvgIpc) is 3.79. The summed E-state index contributed by atoms with van der Waals surface area (Å²) in [5.74, 6) is 0. The Labute approximate surface area is 269 Å². The number of benzene rings is 7. The first-order valence-electron chi connectivity index (χ1n) is 15.8. The molecule has 0 N–H and O–H groups in total.